The molecule has 1 aromatic rings. The number of likely N-dealkylation sites (N-methyl/N-ethyl adjacent to an activating group) is 1. The fourth-order valence-corrected chi connectivity index (χ4v) is 2.36. The van der Waals surface area contributed by atoms with Gasteiger partial charge < -0.3 is 14.6 Å². The first kappa shape index (κ1) is 16.3. The summed E-state index contributed by atoms with van der Waals surface area (Å²) in [6.45, 7) is 13.0. The number of nitrogens with one attached hydrogen (secondary N) is 2. The third kappa shape index (κ3) is 3.07. The first-order valence-corrected chi connectivity index (χ1v) is 7.40. The molecule has 0 spiro atoms. The zero-order chi connectivity index (χ0) is 15.8. The average Bonchev–Trinajstić information content (AvgIpc) is 2.78. The summed E-state index contributed by atoms with van der Waals surface area (Å²) >= 11 is 0. The van der Waals surface area contributed by atoms with Crippen LogP contribution in [0.4, 0.5) is 0 Å². The maximum absolute atomic E-state index is 6.15. The summed E-state index contributed by atoms with van der Waals surface area (Å²) in [5, 5.41) is 10.4. The molecule has 5 nitrogen and oxygen atoms in total. The summed E-state index contributed by atoms with van der Waals surface area (Å²) in [6, 6.07) is 0. The smallest absolute Gasteiger partial charge is 0.400 e. The van der Waals surface area contributed by atoms with Crippen molar-refractivity contribution in [3.63, 3.8) is 0 Å². The van der Waals surface area contributed by atoms with Gasteiger partial charge in [-0.15, -0.1) is 0 Å². The van der Waals surface area contributed by atoms with Crippen molar-refractivity contribution in [1.29, 1.82) is 0 Å². The Hall–Kier alpha value is -1.11. The van der Waals surface area contributed by atoms with Gasteiger partial charge in [-0.2, -0.15) is 5.10 Å². The summed E-state index contributed by atoms with van der Waals surface area (Å²) in [6.07, 6.45) is 2.12. The van der Waals surface area contributed by atoms with Crippen molar-refractivity contribution in [2.45, 2.75) is 52.7 Å². The van der Waals surface area contributed by atoms with Gasteiger partial charge in [0.15, 0.2) is 0 Å². The Kier molecular flexibility index (Phi) is 4.33. The number of aryl methyl sites for hydroxylation is 2. The van der Waals surface area contributed by atoms with Crippen LogP contribution in [-0.2, 0) is 9.31 Å². The second-order valence-corrected chi connectivity index (χ2v) is 6.69. The summed E-state index contributed by atoms with van der Waals surface area (Å²) in [5.41, 5.74) is 3.56. The first-order chi connectivity index (χ1) is 9.68. The minimum absolute atomic E-state index is 0.328. The Labute approximate surface area is 127 Å². The van der Waals surface area contributed by atoms with Crippen molar-refractivity contribution in [2.24, 2.45) is 0 Å². The largest absolute Gasteiger partial charge is 0.491 e. The topological polar surface area (TPSA) is 59.2 Å². The van der Waals surface area contributed by atoms with Gasteiger partial charge >= 0.3 is 7.12 Å². The Morgan fingerprint density at radius 2 is 1.81 bits per heavy atom. The molecule has 1 fully saturated rings. The molecule has 0 atom stereocenters. The van der Waals surface area contributed by atoms with Gasteiger partial charge in [0.25, 0.3) is 0 Å². The van der Waals surface area contributed by atoms with E-state index >= 15 is 0 Å². The molecule has 0 amide bonds. The fraction of sp³-hybridized carbons (Fsp3) is 0.667. The molecule has 1 saturated heterocycles. The standard InChI is InChI=1S/C15H26BN3O2/c1-10-13(11(2)19-18-10)8-12(9-17-7)16-20-14(3,4)15(5,6)21-16/h8,17H,9H2,1-7H3,(H,18,19). The van der Waals surface area contributed by atoms with E-state index in [4.69, 9.17) is 9.31 Å². The highest BCUT2D eigenvalue weighted by atomic mass is 16.7. The lowest BCUT2D eigenvalue weighted by Crippen LogP contribution is -2.41. The van der Waals surface area contributed by atoms with Gasteiger partial charge in [0.05, 0.1) is 16.9 Å². The van der Waals surface area contributed by atoms with E-state index in [2.05, 4.69) is 49.3 Å². The van der Waals surface area contributed by atoms with Gasteiger partial charge in [0.2, 0.25) is 0 Å². The van der Waals surface area contributed by atoms with Crippen molar-refractivity contribution in [2.75, 3.05) is 13.6 Å². The van der Waals surface area contributed by atoms with Gasteiger partial charge in [-0.3, -0.25) is 5.10 Å². The molecule has 6 heteroatoms. The molecule has 0 bridgehead atoms. The van der Waals surface area contributed by atoms with E-state index < -0.39 is 0 Å². The molecule has 2 heterocycles. The Morgan fingerprint density at radius 3 is 2.24 bits per heavy atom. The van der Waals surface area contributed by atoms with Gasteiger partial charge in [0.1, 0.15) is 0 Å². The molecule has 0 saturated carbocycles. The molecule has 0 radical (unpaired) electrons. The van der Waals surface area contributed by atoms with Crippen LogP contribution in [-0.4, -0.2) is 42.1 Å². The van der Waals surface area contributed by atoms with Crippen molar-refractivity contribution in [3.8, 4) is 0 Å². The minimum atomic E-state index is -0.337. The molecule has 1 aliphatic heterocycles. The first-order valence-electron chi connectivity index (χ1n) is 7.40. The molecule has 2 N–H and O–H groups in total. The van der Waals surface area contributed by atoms with Gasteiger partial charge in [-0.05, 0) is 54.1 Å². The van der Waals surface area contributed by atoms with Crippen LogP contribution in [0.1, 0.15) is 44.6 Å². The molecule has 2 rings (SSSR count). The summed E-state index contributed by atoms with van der Waals surface area (Å²) in [4.78, 5) is 0. The van der Waals surface area contributed by atoms with Crippen molar-refractivity contribution < 1.29 is 9.31 Å². The fourth-order valence-electron chi connectivity index (χ4n) is 2.36. The number of nitrogens with zero attached hydrogens (tertiary/aromatic N) is 1. The Balaban J connectivity index is 2.33. The van der Waals surface area contributed by atoms with Crippen LogP contribution in [0.3, 0.4) is 0 Å². The van der Waals surface area contributed by atoms with Gasteiger partial charge in [-0.25, -0.2) is 0 Å². The third-order valence-corrected chi connectivity index (χ3v) is 4.45. The SMILES string of the molecule is CNCC(=Cc1c(C)n[nH]c1C)B1OC(C)(C)C(C)(C)O1. The van der Waals surface area contributed by atoms with Crippen LogP contribution >= 0.6 is 0 Å². The summed E-state index contributed by atoms with van der Waals surface area (Å²) in [7, 11) is 1.59. The summed E-state index contributed by atoms with van der Waals surface area (Å²) in [5.74, 6) is 0. The van der Waals surface area contributed by atoms with Gasteiger partial charge in [-0.1, -0.05) is 6.08 Å². The van der Waals surface area contributed by atoms with Crippen molar-refractivity contribution in [1.82, 2.24) is 15.5 Å². The highest BCUT2D eigenvalue weighted by molar-refractivity contribution is 6.56. The molecule has 1 aliphatic rings. The third-order valence-electron chi connectivity index (χ3n) is 4.45. The molecule has 1 aromatic heterocycles. The van der Waals surface area contributed by atoms with Crippen LogP contribution < -0.4 is 5.32 Å². The van der Waals surface area contributed by atoms with E-state index in [0.29, 0.717) is 6.54 Å². The van der Waals surface area contributed by atoms with Crippen LogP contribution in [0, 0.1) is 13.8 Å². The second-order valence-electron chi connectivity index (χ2n) is 6.69. The average molecular weight is 291 g/mol. The van der Waals surface area contributed by atoms with Crippen LogP contribution in [0.25, 0.3) is 6.08 Å². The maximum atomic E-state index is 6.15. The number of aromatic nitrogens is 2. The number of hydrogen-bond donors (Lipinski definition) is 2. The Bertz CT molecular complexity index is 514. The number of hydrogen-bond acceptors (Lipinski definition) is 4. The lowest BCUT2D eigenvalue weighted by molar-refractivity contribution is 0.00578. The predicted molar refractivity (Wildman–Crippen MR) is 86.0 cm³/mol. The lowest BCUT2D eigenvalue weighted by Gasteiger charge is -2.32. The number of H-pyrrole nitrogens is 1. The lowest BCUT2D eigenvalue weighted by atomic mass is 9.77. The Morgan fingerprint density at radius 1 is 1.24 bits per heavy atom. The van der Waals surface area contributed by atoms with E-state index in [0.717, 1.165) is 22.4 Å². The molecule has 0 aromatic carbocycles. The van der Waals surface area contributed by atoms with Crippen molar-refractivity contribution >= 4 is 13.2 Å². The monoisotopic (exact) mass is 291 g/mol. The highest BCUT2D eigenvalue weighted by Gasteiger charge is 2.52. The van der Waals surface area contributed by atoms with Gasteiger partial charge in [0, 0.05) is 17.8 Å². The molecular formula is C15H26BN3O2. The summed E-state index contributed by atoms with van der Waals surface area (Å²) < 4.78 is 12.3. The van der Waals surface area contributed by atoms with E-state index in [1.54, 1.807) is 0 Å². The molecule has 0 unspecified atom stereocenters. The van der Waals surface area contributed by atoms with E-state index in [1.165, 1.54) is 0 Å². The second kappa shape index (κ2) is 5.59. The minimum Gasteiger partial charge on any atom is -0.400 e. The predicted octanol–water partition coefficient (Wildman–Crippen LogP) is 2.26. The zero-order valence-electron chi connectivity index (χ0n) is 14.1. The molecule has 21 heavy (non-hydrogen) atoms. The highest BCUT2D eigenvalue weighted by Crippen LogP contribution is 2.38. The quantitative estimate of drug-likeness (QED) is 0.835. The van der Waals surface area contributed by atoms with Crippen LogP contribution in [0.2, 0.25) is 0 Å². The number of rotatable bonds is 4. The van der Waals surface area contributed by atoms with E-state index in [-0.39, 0.29) is 18.3 Å². The molecule has 116 valence electrons. The normalized spacial score (nSPS) is 21.1. The maximum Gasteiger partial charge on any atom is 0.491 e. The van der Waals surface area contributed by atoms with E-state index in [9.17, 15) is 0 Å². The number of aromatic amines is 1. The molecule has 0 aliphatic carbocycles. The van der Waals surface area contributed by atoms with Crippen LogP contribution in [0.5, 0.6) is 0 Å². The zero-order valence-corrected chi connectivity index (χ0v) is 14.1. The molecular weight excluding hydrogens is 265 g/mol. The van der Waals surface area contributed by atoms with Crippen molar-refractivity contribution in [3.05, 3.63) is 22.4 Å². The van der Waals surface area contributed by atoms with Crippen LogP contribution in [0.15, 0.2) is 5.47 Å². The van der Waals surface area contributed by atoms with E-state index in [1.807, 2.05) is 20.9 Å².